The molecule has 0 spiro atoms. The van der Waals surface area contributed by atoms with Gasteiger partial charge in [-0.2, -0.15) is 0 Å². The summed E-state index contributed by atoms with van der Waals surface area (Å²) in [6.45, 7) is 10.7. The highest BCUT2D eigenvalue weighted by atomic mass is 16.6. The lowest BCUT2D eigenvalue weighted by Crippen LogP contribution is -2.28. The summed E-state index contributed by atoms with van der Waals surface area (Å²) in [5, 5.41) is 6.41. The van der Waals surface area contributed by atoms with E-state index in [-0.39, 0.29) is 23.7 Å². The van der Waals surface area contributed by atoms with Crippen molar-refractivity contribution in [2.24, 2.45) is 11.0 Å². The molecule has 1 aliphatic rings. The molecule has 0 unspecified atom stereocenters. The molecular weight excluding hydrogens is 616 g/mol. The zero-order valence-electron chi connectivity index (χ0n) is 27.8. The molecule has 1 fully saturated rings. The second kappa shape index (κ2) is 14.3. The molecule has 48 heavy (non-hydrogen) atoms. The van der Waals surface area contributed by atoms with Gasteiger partial charge in [0.1, 0.15) is 11.2 Å². The van der Waals surface area contributed by atoms with Crippen molar-refractivity contribution in [2.45, 2.75) is 72.0 Å². The minimum absolute atomic E-state index is 0.0448. The fraction of sp³-hybridized carbons (Fsp3) is 0.364. The number of carbonyl (C=O) groups excluding carboxylic acids is 3. The van der Waals surface area contributed by atoms with Gasteiger partial charge >= 0.3 is 12.2 Å². The van der Waals surface area contributed by atoms with E-state index in [2.05, 4.69) is 25.3 Å². The maximum atomic E-state index is 12.4. The van der Waals surface area contributed by atoms with E-state index in [9.17, 15) is 14.4 Å². The zero-order valence-corrected chi connectivity index (χ0v) is 27.8. The molecule has 2 aromatic heterocycles. The van der Waals surface area contributed by atoms with Crippen molar-refractivity contribution in [2.75, 3.05) is 16.8 Å². The summed E-state index contributed by atoms with van der Waals surface area (Å²) in [6, 6.07) is 13.9. The molecule has 5 N–H and O–H groups in total. The number of hydrogen-bond acceptors (Lipinski definition) is 10. The van der Waals surface area contributed by atoms with E-state index < -0.39 is 23.4 Å². The van der Waals surface area contributed by atoms with E-state index in [0.717, 1.165) is 30.5 Å². The zero-order chi connectivity index (χ0) is 35.2. The Kier molecular flexibility index (Phi) is 10.4. The molecule has 15 heteroatoms. The van der Waals surface area contributed by atoms with Gasteiger partial charge in [-0.25, -0.2) is 28.7 Å². The number of aromatic nitrogens is 4. The molecule has 2 aromatic carbocycles. The SMILES string of the molecule is CC(C)(C)OC(=O)n1c(-c2ccc(N=[N+]=[N-])cc2)cnc1N.CC(C)(C)OC(=O)n1c(-c2ccc(NC(=O)C3CCC3)cc2)cnc1N. The Hall–Kier alpha value is -5.82. The topological polar surface area (TPSA) is 218 Å². The predicted molar refractivity (Wildman–Crippen MR) is 182 cm³/mol. The van der Waals surface area contributed by atoms with Crippen LogP contribution in [0.5, 0.6) is 0 Å². The van der Waals surface area contributed by atoms with Crippen molar-refractivity contribution >= 4 is 41.4 Å². The van der Waals surface area contributed by atoms with Crippen LogP contribution in [0.25, 0.3) is 33.0 Å². The number of anilines is 3. The maximum Gasteiger partial charge on any atom is 0.421 e. The Morgan fingerprint density at radius 1 is 0.812 bits per heavy atom. The molecule has 0 bridgehead atoms. The van der Waals surface area contributed by atoms with Gasteiger partial charge < -0.3 is 26.3 Å². The van der Waals surface area contributed by atoms with Gasteiger partial charge in [-0.3, -0.25) is 4.79 Å². The summed E-state index contributed by atoms with van der Waals surface area (Å²) in [4.78, 5) is 47.4. The van der Waals surface area contributed by atoms with E-state index in [1.807, 2.05) is 12.1 Å². The van der Waals surface area contributed by atoms with Gasteiger partial charge in [0.2, 0.25) is 17.8 Å². The molecule has 5 rings (SSSR count). The monoisotopic (exact) mass is 656 g/mol. The third-order valence-corrected chi connectivity index (χ3v) is 6.98. The number of benzene rings is 2. The molecule has 1 amide bonds. The van der Waals surface area contributed by atoms with Gasteiger partial charge in [0.05, 0.1) is 23.8 Å². The molecular formula is C33H40N10O5. The van der Waals surface area contributed by atoms with E-state index in [1.165, 1.54) is 21.5 Å². The first-order chi connectivity index (χ1) is 22.6. The number of amides is 1. The fourth-order valence-corrected chi connectivity index (χ4v) is 4.53. The average molecular weight is 657 g/mol. The second-order valence-electron chi connectivity index (χ2n) is 13.1. The Bertz CT molecular complexity index is 1820. The molecule has 1 aliphatic carbocycles. The number of nitrogens with two attached hydrogens (primary N) is 2. The Morgan fingerprint density at radius 2 is 1.25 bits per heavy atom. The lowest BCUT2D eigenvalue weighted by Gasteiger charge is -2.24. The lowest BCUT2D eigenvalue weighted by atomic mass is 9.85. The minimum atomic E-state index is -0.642. The van der Waals surface area contributed by atoms with Gasteiger partial charge in [0.25, 0.3) is 0 Å². The van der Waals surface area contributed by atoms with Crippen molar-refractivity contribution in [3.63, 3.8) is 0 Å². The van der Waals surface area contributed by atoms with Crippen LogP contribution in [-0.2, 0) is 14.3 Å². The molecule has 0 saturated heterocycles. The molecule has 4 aromatic rings. The van der Waals surface area contributed by atoms with Crippen LogP contribution in [0, 0.1) is 5.92 Å². The second-order valence-corrected chi connectivity index (χ2v) is 13.1. The first kappa shape index (κ1) is 35.0. The number of ether oxygens (including phenoxy) is 2. The van der Waals surface area contributed by atoms with E-state index in [0.29, 0.717) is 22.6 Å². The number of nitrogen functional groups attached to an aromatic ring is 2. The molecule has 2 heterocycles. The van der Waals surface area contributed by atoms with E-state index in [4.69, 9.17) is 26.5 Å². The standard InChI is InChI=1S/C19H24N4O3.C14H16N6O2/c1-19(2,3)26-18(25)23-15(11-21-17(23)20)12-7-9-14(10-8-12)22-16(24)13-5-4-6-13;1-14(2,3)22-13(21)20-11(8-17-12(20)15)9-4-6-10(7-5-9)18-19-16/h7-11,13H,4-6H2,1-3H3,(H2,20,21)(H,22,24);4-8H,1-3H3,(H2,15,17). The summed E-state index contributed by atoms with van der Waals surface area (Å²) >= 11 is 0. The predicted octanol–water partition coefficient (Wildman–Crippen LogP) is 7.51. The van der Waals surface area contributed by atoms with Crippen molar-refractivity contribution in [1.82, 2.24) is 19.1 Å². The third kappa shape index (κ3) is 8.91. The van der Waals surface area contributed by atoms with Crippen molar-refractivity contribution in [1.29, 1.82) is 0 Å². The van der Waals surface area contributed by atoms with Crippen LogP contribution in [0.3, 0.4) is 0 Å². The van der Waals surface area contributed by atoms with Crippen molar-refractivity contribution in [3.05, 3.63) is 71.4 Å². The van der Waals surface area contributed by atoms with Crippen LogP contribution in [0.1, 0.15) is 60.8 Å². The third-order valence-electron chi connectivity index (χ3n) is 6.98. The van der Waals surface area contributed by atoms with Crippen molar-refractivity contribution < 1.29 is 23.9 Å². The van der Waals surface area contributed by atoms with Crippen LogP contribution < -0.4 is 16.8 Å². The normalized spacial score (nSPS) is 12.9. The fourth-order valence-electron chi connectivity index (χ4n) is 4.53. The molecule has 0 atom stereocenters. The summed E-state index contributed by atoms with van der Waals surface area (Å²) in [5.74, 6) is 0.301. The molecule has 252 valence electrons. The highest BCUT2D eigenvalue weighted by Gasteiger charge is 2.26. The molecule has 15 nitrogen and oxygen atoms in total. The van der Waals surface area contributed by atoms with Crippen LogP contribution in [0.4, 0.5) is 32.9 Å². The Morgan fingerprint density at radius 3 is 1.62 bits per heavy atom. The number of hydrogen-bond donors (Lipinski definition) is 3. The van der Waals surface area contributed by atoms with Crippen LogP contribution in [0.15, 0.2) is 66.0 Å². The number of azide groups is 1. The first-order valence-electron chi connectivity index (χ1n) is 15.3. The van der Waals surface area contributed by atoms with E-state index in [1.54, 1.807) is 77.9 Å². The summed E-state index contributed by atoms with van der Waals surface area (Å²) in [5.41, 5.74) is 22.4. The minimum Gasteiger partial charge on any atom is -0.443 e. The number of rotatable bonds is 5. The van der Waals surface area contributed by atoms with Crippen LogP contribution in [-0.4, -0.2) is 48.4 Å². The van der Waals surface area contributed by atoms with Crippen molar-refractivity contribution in [3.8, 4) is 22.5 Å². The number of nitrogens with one attached hydrogen (secondary N) is 1. The Labute approximate surface area is 277 Å². The molecule has 0 radical (unpaired) electrons. The molecule has 1 saturated carbocycles. The summed E-state index contributed by atoms with van der Waals surface area (Å²) in [7, 11) is 0. The van der Waals surface area contributed by atoms with Crippen LogP contribution in [0.2, 0.25) is 0 Å². The largest absolute Gasteiger partial charge is 0.443 e. The van der Waals surface area contributed by atoms with Gasteiger partial charge in [-0.05, 0) is 72.0 Å². The smallest absolute Gasteiger partial charge is 0.421 e. The number of carbonyl (C=O) groups is 3. The van der Waals surface area contributed by atoms with Crippen LogP contribution >= 0.6 is 0 Å². The number of nitrogens with zero attached hydrogens (tertiary/aromatic N) is 7. The maximum absolute atomic E-state index is 12.4. The number of imidazole rings is 2. The van der Waals surface area contributed by atoms with Gasteiger partial charge in [0, 0.05) is 33.3 Å². The quantitative estimate of drug-likeness (QED) is 0.110. The van der Waals surface area contributed by atoms with Gasteiger partial charge in [-0.15, -0.1) is 0 Å². The Balaban J connectivity index is 0.000000220. The highest BCUT2D eigenvalue weighted by Crippen LogP contribution is 2.29. The highest BCUT2D eigenvalue weighted by molar-refractivity contribution is 5.93. The van der Waals surface area contributed by atoms with Gasteiger partial charge in [0.15, 0.2) is 0 Å². The molecule has 0 aliphatic heterocycles. The lowest BCUT2D eigenvalue weighted by molar-refractivity contribution is -0.122. The van der Waals surface area contributed by atoms with Gasteiger partial charge in [-0.1, -0.05) is 47.9 Å². The summed E-state index contributed by atoms with van der Waals surface area (Å²) in [6.07, 6.45) is 4.87. The van der Waals surface area contributed by atoms with E-state index >= 15 is 0 Å². The average Bonchev–Trinajstić information content (AvgIpc) is 3.54. The first-order valence-corrected chi connectivity index (χ1v) is 15.3. The summed E-state index contributed by atoms with van der Waals surface area (Å²) < 4.78 is 13.2.